The number of aryl methyl sites for hydroxylation is 2. The van der Waals surface area contributed by atoms with Crippen molar-refractivity contribution in [1.29, 1.82) is 0 Å². The molecule has 1 aromatic carbocycles. The lowest BCUT2D eigenvalue weighted by molar-refractivity contribution is 0.288. The molecule has 2 aromatic rings. The molecule has 0 fully saturated rings. The van der Waals surface area contributed by atoms with Crippen LogP contribution in [0, 0.1) is 6.92 Å². The lowest BCUT2D eigenvalue weighted by Gasteiger charge is -2.02. The van der Waals surface area contributed by atoms with E-state index in [4.69, 9.17) is 5.11 Å². The van der Waals surface area contributed by atoms with Crippen LogP contribution in [0.25, 0.3) is 11.3 Å². The van der Waals surface area contributed by atoms with Crippen LogP contribution in [0.3, 0.4) is 0 Å². The Morgan fingerprint density at radius 3 is 3.00 bits per heavy atom. The first-order valence-electron chi connectivity index (χ1n) is 5.52. The highest BCUT2D eigenvalue weighted by atomic mass is 79.9. The van der Waals surface area contributed by atoms with E-state index in [1.165, 1.54) is 11.1 Å². The maximum absolute atomic E-state index is 8.80. The van der Waals surface area contributed by atoms with Crippen molar-refractivity contribution < 1.29 is 5.11 Å². The summed E-state index contributed by atoms with van der Waals surface area (Å²) in [5.74, 6) is 0. The highest BCUT2D eigenvalue weighted by Crippen LogP contribution is 2.28. The summed E-state index contributed by atoms with van der Waals surface area (Å²) in [5.41, 5.74) is 3.43. The van der Waals surface area contributed by atoms with Crippen molar-refractivity contribution in [1.82, 2.24) is 4.98 Å². The maximum Gasteiger partial charge on any atom is 0.0933 e. The fourth-order valence-electron chi connectivity index (χ4n) is 1.65. The predicted molar refractivity (Wildman–Crippen MR) is 75.4 cm³/mol. The van der Waals surface area contributed by atoms with Crippen molar-refractivity contribution in [3.05, 3.63) is 38.6 Å². The molecule has 4 heteroatoms. The molecule has 1 aromatic heterocycles. The molecule has 0 atom stereocenters. The number of hydrogen-bond acceptors (Lipinski definition) is 3. The van der Waals surface area contributed by atoms with Crippen LogP contribution in [0.2, 0.25) is 0 Å². The standard InChI is InChI=1S/C13H14BrNOS/c1-9-4-5-10(14)7-11(9)12-8-17-13(15-12)3-2-6-16/h4-5,7-8,16H,2-3,6H2,1H3. The van der Waals surface area contributed by atoms with Crippen LogP contribution in [0.4, 0.5) is 0 Å². The fraction of sp³-hybridized carbons (Fsp3) is 0.308. The second-order valence-corrected chi connectivity index (χ2v) is 5.77. The van der Waals surface area contributed by atoms with Gasteiger partial charge in [-0.15, -0.1) is 11.3 Å². The SMILES string of the molecule is Cc1ccc(Br)cc1-c1csc(CCCO)n1. The van der Waals surface area contributed by atoms with Crippen molar-refractivity contribution in [2.24, 2.45) is 0 Å². The van der Waals surface area contributed by atoms with Crippen molar-refractivity contribution in [3.8, 4) is 11.3 Å². The second kappa shape index (κ2) is 5.76. The van der Waals surface area contributed by atoms with Crippen molar-refractivity contribution in [3.63, 3.8) is 0 Å². The number of aromatic nitrogens is 1. The molecule has 1 N–H and O–H groups in total. The third-order valence-electron chi connectivity index (χ3n) is 2.58. The van der Waals surface area contributed by atoms with Gasteiger partial charge in [-0.3, -0.25) is 0 Å². The first kappa shape index (κ1) is 12.7. The van der Waals surface area contributed by atoms with Crippen LogP contribution in [0.1, 0.15) is 17.0 Å². The number of nitrogens with zero attached hydrogens (tertiary/aromatic N) is 1. The molecule has 0 aliphatic heterocycles. The van der Waals surface area contributed by atoms with E-state index in [-0.39, 0.29) is 6.61 Å². The normalized spacial score (nSPS) is 10.8. The lowest BCUT2D eigenvalue weighted by atomic mass is 10.1. The second-order valence-electron chi connectivity index (χ2n) is 3.91. The zero-order valence-corrected chi connectivity index (χ0v) is 12.0. The number of rotatable bonds is 4. The summed E-state index contributed by atoms with van der Waals surface area (Å²) in [6, 6.07) is 6.23. The molecule has 0 aliphatic rings. The molecule has 0 radical (unpaired) electrons. The highest BCUT2D eigenvalue weighted by Gasteiger charge is 2.07. The number of aliphatic hydroxyl groups excluding tert-OH is 1. The van der Waals surface area contributed by atoms with Crippen molar-refractivity contribution in [2.75, 3.05) is 6.61 Å². The Balaban J connectivity index is 2.27. The quantitative estimate of drug-likeness (QED) is 0.931. The van der Waals surface area contributed by atoms with Gasteiger partial charge in [-0.1, -0.05) is 22.0 Å². The molecule has 1 heterocycles. The van der Waals surface area contributed by atoms with Crippen molar-refractivity contribution >= 4 is 27.3 Å². The number of benzene rings is 1. The predicted octanol–water partition coefficient (Wildman–Crippen LogP) is 3.81. The minimum Gasteiger partial charge on any atom is -0.396 e. The molecule has 2 nitrogen and oxygen atoms in total. The van der Waals surface area contributed by atoms with Gasteiger partial charge in [-0.25, -0.2) is 4.98 Å². The molecule has 0 spiro atoms. The van der Waals surface area contributed by atoms with Crippen LogP contribution in [-0.2, 0) is 6.42 Å². The zero-order valence-electron chi connectivity index (χ0n) is 9.61. The summed E-state index contributed by atoms with van der Waals surface area (Å²) in [4.78, 5) is 4.61. The van der Waals surface area contributed by atoms with Gasteiger partial charge in [0.15, 0.2) is 0 Å². The molecule has 2 rings (SSSR count). The lowest BCUT2D eigenvalue weighted by Crippen LogP contribution is -1.89. The van der Waals surface area contributed by atoms with Gasteiger partial charge in [-0.05, 0) is 31.0 Å². The van der Waals surface area contributed by atoms with Gasteiger partial charge in [0.05, 0.1) is 10.7 Å². The average molecular weight is 312 g/mol. The first-order chi connectivity index (χ1) is 8.20. The van der Waals surface area contributed by atoms with E-state index < -0.39 is 0 Å². The Hall–Kier alpha value is -0.710. The molecule has 17 heavy (non-hydrogen) atoms. The summed E-state index contributed by atoms with van der Waals surface area (Å²) in [6.07, 6.45) is 1.64. The molecular weight excluding hydrogens is 298 g/mol. The molecule has 0 amide bonds. The van der Waals surface area contributed by atoms with Crippen LogP contribution in [0.5, 0.6) is 0 Å². The molecule has 0 aliphatic carbocycles. The Morgan fingerprint density at radius 2 is 2.24 bits per heavy atom. The van der Waals surface area contributed by atoms with Crippen LogP contribution in [-0.4, -0.2) is 16.7 Å². The van der Waals surface area contributed by atoms with Crippen LogP contribution >= 0.6 is 27.3 Å². The largest absolute Gasteiger partial charge is 0.396 e. The van der Waals surface area contributed by atoms with Crippen LogP contribution in [0.15, 0.2) is 28.1 Å². The molecule has 0 bridgehead atoms. The third kappa shape index (κ3) is 3.15. The van der Waals surface area contributed by atoms with E-state index in [9.17, 15) is 0 Å². The van der Waals surface area contributed by atoms with E-state index in [0.29, 0.717) is 0 Å². The van der Waals surface area contributed by atoms with Gasteiger partial charge in [0.1, 0.15) is 0 Å². The number of aliphatic hydroxyl groups is 1. The molecule has 0 unspecified atom stereocenters. The summed E-state index contributed by atoms with van der Waals surface area (Å²) >= 11 is 5.15. The molecule has 90 valence electrons. The summed E-state index contributed by atoms with van der Waals surface area (Å²) in [5, 5.41) is 12.0. The number of thiazole rings is 1. The Bertz CT molecular complexity index is 510. The maximum atomic E-state index is 8.80. The van der Waals surface area contributed by atoms with Gasteiger partial charge < -0.3 is 5.11 Å². The van der Waals surface area contributed by atoms with E-state index in [1.807, 2.05) is 6.07 Å². The minimum absolute atomic E-state index is 0.227. The topological polar surface area (TPSA) is 33.1 Å². The van der Waals surface area contributed by atoms with Crippen LogP contribution < -0.4 is 0 Å². The van der Waals surface area contributed by atoms with Crippen molar-refractivity contribution in [2.45, 2.75) is 19.8 Å². The summed E-state index contributed by atoms with van der Waals surface area (Å²) in [7, 11) is 0. The Labute approximate surface area is 113 Å². The number of halogens is 1. The third-order valence-corrected chi connectivity index (χ3v) is 3.98. The number of hydrogen-bond donors (Lipinski definition) is 1. The van der Waals surface area contributed by atoms with E-state index in [1.54, 1.807) is 11.3 Å². The molecular formula is C13H14BrNOS. The highest BCUT2D eigenvalue weighted by molar-refractivity contribution is 9.10. The van der Waals surface area contributed by atoms with E-state index in [2.05, 4.69) is 45.4 Å². The van der Waals surface area contributed by atoms with Gasteiger partial charge in [0.25, 0.3) is 0 Å². The van der Waals surface area contributed by atoms with Gasteiger partial charge in [-0.2, -0.15) is 0 Å². The fourth-order valence-corrected chi connectivity index (χ4v) is 2.85. The first-order valence-corrected chi connectivity index (χ1v) is 7.20. The Morgan fingerprint density at radius 1 is 1.41 bits per heavy atom. The Kier molecular flexibility index (Phi) is 4.31. The van der Waals surface area contributed by atoms with Gasteiger partial charge >= 0.3 is 0 Å². The van der Waals surface area contributed by atoms with Gasteiger partial charge in [0, 0.05) is 28.4 Å². The summed E-state index contributed by atoms with van der Waals surface area (Å²) in [6.45, 7) is 2.32. The van der Waals surface area contributed by atoms with E-state index >= 15 is 0 Å². The monoisotopic (exact) mass is 311 g/mol. The van der Waals surface area contributed by atoms with Gasteiger partial charge in [0.2, 0.25) is 0 Å². The average Bonchev–Trinajstić information content (AvgIpc) is 2.78. The zero-order chi connectivity index (χ0) is 12.3. The van der Waals surface area contributed by atoms with E-state index in [0.717, 1.165) is 28.0 Å². The molecule has 0 saturated heterocycles. The minimum atomic E-state index is 0.227. The molecule has 0 saturated carbocycles. The smallest absolute Gasteiger partial charge is 0.0933 e. The summed E-state index contributed by atoms with van der Waals surface area (Å²) < 4.78 is 1.07.